The van der Waals surface area contributed by atoms with E-state index in [0.29, 0.717) is 28.4 Å². The molecular formula is C17H21ClN2O3. The molecule has 1 aromatic rings. The number of esters is 1. The highest BCUT2D eigenvalue weighted by Gasteiger charge is 2.37. The van der Waals surface area contributed by atoms with Gasteiger partial charge in [-0.05, 0) is 24.5 Å². The monoisotopic (exact) mass is 336 g/mol. The number of allylic oxidation sites excluding steroid dienone is 1. The third-order valence-electron chi connectivity index (χ3n) is 3.77. The number of ether oxygens (including phenoxy) is 1. The summed E-state index contributed by atoms with van der Waals surface area (Å²) in [6.07, 6.45) is 0. The van der Waals surface area contributed by atoms with Crippen molar-refractivity contribution < 1.29 is 14.3 Å². The van der Waals surface area contributed by atoms with Gasteiger partial charge in [-0.15, -0.1) is 0 Å². The molecule has 5 nitrogen and oxygen atoms in total. The molecule has 2 rings (SSSR count). The van der Waals surface area contributed by atoms with Crippen molar-refractivity contribution in [2.75, 3.05) is 13.7 Å². The summed E-state index contributed by atoms with van der Waals surface area (Å²) in [7, 11) is 1.33. The molecule has 23 heavy (non-hydrogen) atoms. The van der Waals surface area contributed by atoms with Crippen LogP contribution in [0.5, 0.6) is 0 Å². The van der Waals surface area contributed by atoms with E-state index in [-0.39, 0.29) is 11.9 Å². The van der Waals surface area contributed by atoms with Crippen molar-refractivity contribution in [2.24, 2.45) is 5.92 Å². The SMILES string of the molecule is COC(=O)C1=C(C)N(CC(C)C)C(=O)N[C@H]1c1ccccc1Cl. The summed E-state index contributed by atoms with van der Waals surface area (Å²) in [5.74, 6) is -0.201. The fourth-order valence-electron chi connectivity index (χ4n) is 2.68. The molecule has 1 N–H and O–H groups in total. The molecule has 1 aliphatic heterocycles. The van der Waals surface area contributed by atoms with Crippen LogP contribution in [0, 0.1) is 5.92 Å². The van der Waals surface area contributed by atoms with Crippen molar-refractivity contribution in [2.45, 2.75) is 26.8 Å². The van der Waals surface area contributed by atoms with E-state index in [2.05, 4.69) is 5.32 Å². The summed E-state index contributed by atoms with van der Waals surface area (Å²) in [6, 6.07) is 6.28. The minimum Gasteiger partial charge on any atom is -0.466 e. The molecule has 0 aromatic heterocycles. The van der Waals surface area contributed by atoms with Crippen LogP contribution in [0.3, 0.4) is 0 Å². The maximum absolute atomic E-state index is 12.5. The lowest BCUT2D eigenvalue weighted by atomic mass is 9.94. The van der Waals surface area contributed by atoms with Crippen molar-refractivity contribution in [3.8, 4) is 0 Å². The van der Waals surface area contributed by atoms with Crippen molar-refractivity contribution in [3.05, 3.63) is 46.1 Å². The topological polar surface area (TPSA) is 58.6 Å². The highest BCUT2D eigenvalue weighted by molar-refractivity contribution is 6.31. The lowest BCUT2D eigenvalue weighted by Crippen LogP contribution is -2.49. The molecule has 1 atom stereocenters. The molecule has 0 saturated carbocycles. The lowest BCUT2D eigenvalue weighted by molar-refractivity contribution is -0.136. The Kier molecular flexibility index (Phi) is 5.31. The first-order valence-electron chi connectivity index (χ1n) is 7.48. The number of halogens is 1. The Morgan fingerprint density at radius 3 is 2.61 bits per heavy atom. The van der Waals surface area contributed by atoms with Crippen molar-refractivity contribution >= 4 is 23.6 Å². The maximum Gasteiger partial charge on any atom is 0.337 e. The second-order valence-corrected chi connectivity index (χ2v) is 6.31. The van der Waals surface area contributed by atoms with E-state index < -0.39 is 12.0 Å². The number of benzene rings is 1. The number of hydrogen-bond acceptors (Lipinski definition) is 3. The molecular weight excluding hydrogens is 316 g/mol. The van der Waals surface area contributed by atoms with Gasteiger partial charge in [0, 0.05) is 17.3 Å². The number of urea groups is 1. The first-order chi connectivity index (χ1) is 10.9. The third kappa shape index (κ3) is 3.50. The number of carbonyl (C=O) groups is 2. The lowest BCUT2D eigenvalue weighted by Gasteiger charge is -2.36. The molecule has 1 heterocycles. The normalized spacial score (nSPS) is 18.3. The molecule has 1 aromatic carbocycles. The summed E-state index contributed by atoms with van der Waals surface area (Å²) in [5.41, 5.74) is 1.67. The van der Waals surface area contributed by atoms with Crippen LogP contribution < -0.4 is 5.32 Å². The van der Waals surface area contributed by atoms with Crippen LogP contribution in [0.1, 0.15) is 32.4 Å². The van der Waals surface area contributed by atoms with Gasteiger partial charge in [-0.2, -0.15) is 0 Å². The van der Waals surface area contributed by atoms with Crippen molar-refractivity contribution in [1.29, 1.82) is 0 Å². The summed E-state index contributed by atoms with van der Waals surface area (Å²) in [6.45, 7) is 6.31. The molecule has 1 aliphatic rings. The van der Waals surface area contributed by atoms with Gasteiger partial charge in [-0.3, -0.25) is 4.90 Å². The molecule has 0 bridgehead atoms. The van der Waals surface area contributed by atoms with Crippen LogP contribution in [0.4, 0.5) is 4.79 Å². The Balaban J connectivity index is 2.55. The van der Waals surface area contributed by atoms with Gasteiger partial charge in [0.1, 0.15) is 0 Å². The van der Waals surface area contributed by atoms with Gasteiger partial charge in [0.2, 0.25) is 0 Å². The average Bonchev–Trinajstić information content (AvgIpc) is 2.50. The van der Waals surface area contributed by atoms with E-state index in [0.717, 1.165) is 0 Å². The zero-order valence-corrected chi connectivity index (χ0v) is 14.5. The molecule has 0 aliphatic carbocycles. The number of amides is 2. The number of carbonyl (C=O) groups excluding carboxylic acids is 2. The van der Waals surface area contributed by atoms with E-state index >= 15 is 0 Å². The number of nitrogens with zero attached hydrogens (tertiary/aromatic N) is 1. The summed E-state index contributed by atoms with van der Waals surface area (Å²) in [5, 5.41) is 3.36. The van der Waals surface area contributed by atoms with Crippen molar-refractivity contribution in [1.82, 2.24) is 10.2 Å². The van der Waals surface area contributed by atoms with Gasteiger partial charge in [-0.1, -0.05) is 43.6 Å². The first-order valence-corrected chi connectivity index (χ1v) is 7.86. The smallest absolute Gasteiger partial charge is 0.337 e. The minimum absolute atomic E-state index is 0.242. The molecule has 0 fully saturated rings. The number of hydrogen-bond donors (Lipinski definition) is 1. The Hall–Kier alpha value is -2.01. The Labute approximate surface area is 141 Å². The van der Waals surface area contributed by atoms with Crippen LogP contribution in [-0.2, 0) is 9.53 Å². The zero-order chi connectivity index (χ0) is 17.1. The van der Waals surface area contributed by atoms with Gasteiger partial charge >= 0.3 is 12.0 Å². The van der Waals surface area contributed by atoms with Crippen LogP contribution in [0.2, 0.25) is 5.02 Å². The molecule has 0 spiro atoms. The predicted octanol–water partition coefficient (Wildman–Crippen LogP) is 3.51. The number of nitrogens with one attached hydrogen (secondary N) is 1. The van der Waals surface area contributed by atoms with E-state index in [1.54, 1.807) is 30.0 Å². The predicted molar refractivity (Wildman–Crippen MR) is 89.0 cm³/mol. The second kappa shape index (κ2) is 7.04. The van der Waals surface area contributed by atoms with E-state index in [9.17, 15) is 9.59 Å². The van der Waals surface area contributed by atoms with Gasteiger partial charge in [0.15, 0.2) is 0 Å². The molecule has 2 amide bonds. The molecule has 6 heteroatoms. The molecule has 0 radical (unpaired) electrons. The molecule has 0 saturated heterocycles. The first kappa shape index (κ1) is 17.3. The minimum atomic E-state index is -0.618. The fraction of sp³-hybridized carbons (Fsp3) is 0.412. The van der Waals surface area contributed by atoms with E-state index in [4.69, 9.17) is 16.3 Å². The van der Waals surface area contributed by atoms with Gasteiger partial charge in [0.05, 0.1) is 18.7 Å². The maximum atomic E-state index is 12.5. The fourth-order valence-corrected chi connectivity index (χ4v) is 2.93. The average molecular weight is 337 g/mol. The Morgan fingerprint density at radius 1 is 1.39 bits per heavy atom. The van der Waals surface area contributed by atoms with Gasteiger partial charge in [-0.25, -0.2) is 9.59 Å². The highest BCUT2D eigenvalue weighted by atomic mass is 35.5. The number of rotatable bonds is 4. The third-order valence-corrected chi connectivity index (χ3v) is 4.11. The molecule has 124 valence electrons. The van der Waals surface area contributed by atoms with Crippen LogP contribution in [0.15, 0.2) is 35.5 Å². The zero-order valence-electron chi connectivity index (χ0n) is 13.7. The van der Waals surface area contributed by atoms with Gasteiger partial charge < -0.3 is 10.1 Å². The Morgan fingerprint density at radius 2 is 2.04 bits per heavy atom. The molecule has 0 unspecified atom stereocenters. The van der Waals surface area contributed by atoms with Crippen LogP contribution >= 0.6 is 11.6 Å². The van der Waals surface area contributed by atoms with Crippen molar-refractivity contribution in [3.63, 3.8) is 0 Å². The standard InChI is InChI=1S/C17H21ClN2O3/c1-10(2)9-20-11(3)14(16(21)23-4)15(19-17(20)22)12-7-5-6-8-13(12)18/h5-8,10,15H,9H2,1-4H3,(H,19,22)/t15-/m0/s1. The summed E-state index contributed by atoms with van der Waals surface area (Å²) in [4.78, 5) is 26.4. The largest absolute Gasteiger partial charge is 0.466 e. The van der Waals surface area contributed by atoms with Crippen LogP contribution in [0.25, 0.3) is 0 Å². The van der Waals surface area contributed by atoms with Crippen LogP contribution in [-0.4, -0.2) is 30.6 Å². The second-order valence-electron chi connectivity index (χ2n) is 5.90. The summed E-state index contributed by atoms with van der Waals surface area (Å²) < 4.78 is 4.92. The number of methoxy groups -OCH3 is 1. The quantitative estimate of drug-likeness (QED) is 0.856. The van der Waals surface area contributed by atoms with Gasteiger partial charge in [0.25, 0.3) is 0 Å². The Bertz CT molecular complexity index is 655. The summed E-state index contributed by atoms with van der Waals surface area (Å²) >= 11 is 6.25. The van der Waals surface area contributed by atoms with E-state index in [1.807, 2.05) is 19.9 Å². The van der Waals surface area contributed by atoms with E-state index in [1.165, 1.54) is 7.11 Å². The highest BCUT2D eigenvalue weighted by Crippen LogP contribution is 2.34.